The lowest BCUT2D eigenvalue weighted by Gasteiger charge is -1.99. The van der Waals surface area contributed by atoms with E-state index in [0.717, 1.165) is 6.20 Å². The summed E-state index contributed by atoms with van der Waals surface area (Å²) in [5.74, 6) is -1.52. The molecule has 4 nitrogen and oxygen atoms in total. The molecule has 0 atom stereocenters. The number of hydrogen-bond donors (Lipinski definition) is 2. The predicted molar refractivity (Wildman–Crippen MR) is 40.6 cm³/mol. The summed E-state index contributed by atoms with van der Waals surface area (Å²) in [5.41, 5.74) is -0.167. The molecule has 0 radical (unpaired) electrons. The van der Waals surface area contributed by atoms with E-state index in [-0.39, 0.29) is 15.8 Å². The zero-order chi connectivity index (χ0) is 8.43. The number of aromatic carboxylic acids is 1. The molecular formula is C6H4BrNO3. The molecule has 0 aliphatic carbocycles. The van der Waals surface area contributed by atoms with Crippen LogP contribution < -0.4 is 0 Å². The summed E-state index contributed by atoms with van der Waals surface area (Å²) in [7, 11) is 0. The fourth-order valence-electron chi connectivity index (χ4n) is 0.636. The van der Waals surface area contributed by atoms with Crippen molar-refractivity contribution in [1.29, 1.82) is 0 Å². The Hall–Kier alpha value is -1.10. The van der Waals surface area contributed by atoms with Gasteiger partial charge in [0, 0.05) is 6.20 Å². The fraction of sp³-hybridized carbons (Fsp3) is 0. The highest BCUT2D eigenvalue weighted by molar-refractivity contribution is 9.10. The molecule has 0 aliphatic rings. The lowest BCUT2D eigenvalue weighted by atomic mass is 10.2. The van der Waals surface area contributed by atoms with Crippen LogP contribution in [0.4, 0.5) is 0 Å². The van der Waals surface area contributed by atoms with Gasteiger partial charge >= 0.3 is 5.97 Å². The highest BCUT2D eigenvalue weighted by Gasteiger charge is 2.13. The zero-order valence-electron chi connectivity index (χ0n) is 5.28. The van der Waals surface area contributed by atoms with Crippen molar-refractivity contribution in [3.05, 3.63) is 22.4 Å². The summed E-state index contributed by atoms with van der Waals surface area (Å²) in [5, 5.41) is 17.5. The van der Waals surface area contributed by atoms with Gasteiger partial charge in [-0.15, -0.1) is 0 Å². The number of aromatic hydroxyl groups is 1. The van der Waals surface area contributed by atoms with Crippen LogP contribution in [0.15, 0.2) is 16.9 Å². The fourth-order valence-corrected chi connectivity index (χ4v) is 1.13. The van der Waals surface area contributed by atoms with E-state index < -0.39 is 5.97 Å². The molecule has 1 heterocycles. The summed E-state index contributed by atoms with van der Waals surface area (Å²) in [4.78, 5) is 14.0. The van der Waals surface area contributed by atoms with E-state index in [9.17, 15) is 4.79 Å². The van der Waals surface area contributed by atoms with Gasteiger partial charge in [0.15, 0.2) is 0 Å². The first-order valence-corrected chi connectivity index (χ1v) is 3.48. The zero-order valence-corrected chi connectivity index (χ0v) is 6.87. The molecule has 0 unspecified atom stereocenters. The first-order chi connectivity index (χ1) is 5.13. The molecule has 0 aliphatic heterocycles. The number of carboxylic acids is 1. The third kappa shape index (κ3) is 1.48. The Balaban J connectivity index is 3.32. The molecule has 2 N–H and O–H groups in total. The summed E-state index contributed by atoms with van der Waals surface area (Å²) in [6, 6.07) is 0. The first kappa shape index (κ1) is 8.00. The van der Waals surface area contributed by atoms with E-state index in [4.69, 9.17) is 10.2 Å². The molecule has 0 aromatic carbocycles. The van der Waals surface area contributed by atoms with Gasteiger partial charge in [-0.3, -0.25) is 4.98 Å². The SMILES string of the molecule is O=C(O)c1c(O)cncc1Br. The molecule has 0 amide bonds. The number of carboxylic acid groups (broad SMARTS) is 1. The lowest BCUT2D eigenvalue weighted by molar-refractivity contribution is 0.0692. The van der Waals surface area contributed by atoms with Crippen LogP contribution in [0.1, 0.15) is 10.4 Å². The monoisotopic (exact) mass is 217 g/mol. The van der Waals surface area contributed by atoms with E-state index in [0.29, 0.717) is 0 Å². The highest BCUT2D eigenvalue weighted by Crippen LogP contribution is 2.23. The minimum absolute atomic E-state index is 0.167. The first-order valence-electron chi connectivity index (χ1n) is 2.68. The van der Waals surface area contributed by atoms with Crippen LogP contribution in [-0.2, 0) is 0 Å². The molecular weight excluding hydrogens is 214 g/mol. The summed E-state index contributed by atoms with van der Waals surface area (Å²) < 4.78 is 0.269. The Morgan fingerprint density at radius 2 is 2.18 bits per heavy atom. The maximum atomic E-state index is 10.4. The molecule has 1 aromatic heterocycles. The third-order valence-electron chi connectivity index (χ3n) is 1.09. The van der Waals surface area contributed by atoms with E-state index in [1.165, 1.54) is 6.20 Å². The average Bonchev–Trinajstić information content (AvgIpc) is 1.85. The molecule has 0 fully saturated rings. The van der Waals surface area contributed by atoms with Crippen LogP contribution in [-0.4, -0.2) is 21.2 Å². The maximum Gasteiger partial charge on any atom is 0.340 e. The number of aromatic nitrogens is 1. The molecule has 0 saturated carbocycles. The minimum atomic E-state index is -1.18. The second-order valence-electron chi connectivity index (χ2n) is 1.82. The van der Waals surface area contributed by atoms with Crippen molar-refractivity contribution in [1.82, 2.24) is 4.98 Å². The molecule has 1 aromatic rings. The summed E-state index contributed by atoms with van der Waals surface area (Å²) in [6.07, 6.45) is 2.39. The van der Waals surface area contributed by atoms with Crippen LogP contribution >= 0.6 is 15.9 Å². The Morgan fingerprint density at radius 3 is 2.55 bits per heavy atom. The van der Waals surface area contributed by atoms with Crippen molar-refractivity contribution in [2.75, 3.05) is 0 Å². The molecule has 0 saturated heterocycles. The molecule has 1 rings (SSSR count). The van der Waals surface area contributed by atoms with Crippen LogP contribution in [0.3, 0.4) is 0 Å². The van der Waals surface area contributed by atoms with Gasteiger partial charge in [0.2, 0.25) is 0 Å². The average molecular weight is 218 g/mol. The van der Waals surface area contributed by atoms with Crippen LogP contribution in [0, 0.1) is 0 Å². The van der Waals surface area contributed by atoms with Crippen molar-refractivity contribution in [3.8, 4) is 5.75 Å². The Bertz CT molecular complexity index is 280. The van der Waals surface area contributed by atoms with Crippen LogP contribution in [0.5, 0.6) is 5.75 Å². The molecule has 58 valence electrons. The van der Waals surface area contributed by atoms with Gasteiger partial charge in [-0.1, -0.05) is 0 Å². The van der Waals surface area contributed by atoms with Gasteiger partial charge in [0.1, 0.15) is 11.3 Å². The Labute approximate surface area is 70.6 Å². The summed E-state index contributed by atoms with van der Waals surface area (Å²) in [6.45, 7) is 0. The number of hydrogen-bond acceptors (Lipinski definition) is 3. The number of halogens is 1. The number of rotatable bonds is 1. The van der Waals surface area contributed by atoms with Gasteiger partial charge in [-0.25, -0.2) is 4.79 Å². The standard InChI is InChI=1S/C6H4BrNO3/c7-3-1-8-2-4(9)5(3)6(10)11/h1-2,9H,(H,10,11). The second kappa shape index (κ2) is 2.87. The Kier molecular flexibility index (Phi) is 2.09. The summed E-state index contributed by atoms with van der Waals surface area (Å²) >= 11 is 2.94. The van der Waals surface area contributed by atoms with Gasteiger partial charge in [-0.05, 0) is 15.9 Å². The van der Waals surface area contributed by atoms with Crippen molar-refractivity contribution in [2.45, 2.75) is 0 Å². The number of pyridine rings is 1. The predicted octanol–water partition coefficient (Wildman–Crippen LogP) is 1.25. The maximum absolute atomic E-state index is 10.4. The van der Waals surface area contributed by atoms with E-state index in [1.807, 2.05) is 0 Å². The highest BCUT2D eigenvalue weighted by atomic mass is 79.9. The molecule has 11 heavy (non-hydrogen) atoms. The largest absolute Gasteiger partial charge is 0.505 e. The van der Waals surface area contributed by atoms with E-state index >= 15 is 0 Å². The topological polar surface area (TPSA) is 70.4 Å². The number of carbonyl (C=O) groups is 1. The quantitative estimate of drug-likeness (QED) is 0.743. The van der Waals surface area contributed by atoms with Crippen molar-refractivity contribution in [3.63, 3.8) is 0 Å². The molecule has 5 heteroatoms. The molecule has 0 bridgehead atoms. The van der Waals surface area contributed by atoms with E-state index in [1.54, 1.807) is 0 Å². The second-order valence-corrected chi connectivity index (χ2v) is 2.67. The smallest absolute Gasteiger partial charge is 0.340 e. The van der Waals surface area contributed by atoms with Crippen molar-refractivity contribution in [2.24, 2.45) is 0 Å². The van der Waals surface area contributed by atoms with Crippen molar-refractivity contribution < 1.29 is 15.0 Å². The minimum Gasteiger partial charge on any atom is -0.505 e. The van der Waals surface area contributed by atoms with Crippen molar-refractivity contribution >= 4 is 21.9 Å². The molecule has 0 spiro atoms. The van der Waals surface area contributed by atoms with Gasteiger partial charge in [0.05, 0.1) is 10.7 Å². The number of nitrogens with zero attached hydrogens (tertiary/aromatic N) is 1. The van der Waals surface area contributed by atoms with Gasteiger partial charge in [0.25, 0.3) is 0 Å². The van der Waals surface area contributed by atoms with Crippen LogP contribution in [0.25, 0.3) is 0 Å². The lowest BCUT2D eigenvalue weighted by Crippen LogP contribution is -1.98. The third-order valence-corrected chi connectivity index (χ3v) is 1.69. The van der Waals surface area contributed by atoms with Gasteiger partial charge < -0.3 is 10.2 Å². The normalized spacial score (nSPS) is 9.55. The Morgan fingerprint density at radius 1 is 1.55 bits per heavy atom. The van der Waals surface area contributed by atoms with Crippen LogP contribution in [0.2, 0.25) is 0 Å². The van der Waals surface area contributed by atoms with E-state index in [2.05, 4.69) is 20.9 Å². The van der Waals surface area contributed by atoms with Gasteiger partial charge in [-0.2, -0.15) is 0 Å².